The standard InChI is InChI=1S/C9H12FNO/c1-6(10)7-4-3-5-8(11-2)9(7)12/h3-6,11-12H,1-2H3. The van der Waals surface area contributed by atoms with Crippen molar-refractivity contribution in [1.29, 1.82) is 0 Å². The van der Waals surface area contributed by atoms with Crippen LogP contribution in [0.25, 0.3) is 0 Å². The summed E-state index contributed by atoms with van der Waals surface area (Å²) < 4.78 is 12.8. The molecular formula is C9H12FNO. The molecule has 1 aromatic carbocycles. The summed E-state index contributed by atoms with van der Waals surface area (Å²) in [6.45, 7) is 1.40. The lowest BCUT2D eigenvalue weighted by Crippen LogP contribution is -1.92. The van der Waals surface area contributed by atoms with E-state index in [-0.39, 0.29) is 5.75 Å². The van der Waals surface area contributed by atoms with Gasteiger partial charge in [-0.3, -0.25) is 0 Å². The number of phenols is 1. The largest absolute Gasteiger partial charge is 0.505 e. The van der Waals surface area contributed by atoms with Crippen LogP contribution in [0.3, 0.4) is 0 Å². The van der Waals surface area contributed by atoms with Gasteiger partial charge in [-0.1, -0.05) is 12.1 Å². The summed E-state index contributed by atoms with van der Waals surface area (Å²) in [7, 11) is 1.68. The highest BCUT2D eigenvalue weighted by atomic mass is 19.1. The van der Waals surface area contributed by atoms with Crippen LogP contribution in [-0.4, -0.2) is 12.2 Å². The van der Waals surface area contributed by atoms with E-state index in [2.05, 4.69) is 5.32 Å². The number of nitrogens with one attached hydrogen (secondary N) is 1. The van der Waals surface area contributed by atoms with Crippen LogP contribution in [0.2, 0.25) is 0 Å². The molecule has 0 amide bonds. The minimum atomic E-state index is -1.14. The van der Waals surface area contributed by atoms with Crippen LogP contribution in [0, 0.1) is 0 Å². The Kier molecular flexibility index (Phi) is 2.53. The van der Waals surface area contributed by atoms with Gasteiger partial charge in [0.1, 0.15) is 11.9 Å². The fourth-order valence-electron chi connectivity index (χ4n) is 1.08. The van der Waals surface area contributed by atoms with Gasteiger partial charge in [0.2, 0.25) is 0 Å². The molecule has 0 aliphatic rings. The summed E-state index contributed by atoms with van der Waals surface area (Å²) in [5.74, 6) is -0.00463. The summed E-state index contributed by atoms with van der Waals surface area (Å²) in [4.78, 5) is 0. The highest BCUT2D eigenvalue weighted by Crippen LogP contribution is 2.32. The number of hydrogen-bond donors (Lipinski definition) is 2. The third kappa shape index (κ3) is 1.49. The van der Waals surface area contributed by atoms with Gasteiger partial charge in [-0.15, -0.1) is 0 Å². The summed E-state index contributed by atoms with van der Waals surface area (Å²) in [5.41, 5.74) is 0.874. The molecule has 0 saturated heterocycles. The van der Waals surface area contributed by atoms with E-state index in [0.717, 1.165) is 0 Å². The monoisotopic (exact) mass is 169 g/mol. The fourth-order valence-corrected chi connectivity index (χ4v) is 1.08. The Balaban J connectivity index is 3.14. The van der Waals surface area contributed by atoms with Crippen molar-refractivity contribution in [1.82, 2.24) is 0 Å². The third-order valence-electron chi connectivity index (χ3n) is 1.77. The van der Waals surface area contributed by atoms with Gasteiger partial charge < -0.3 is 10.4 Å². The van der Waals surface area contributed by atoms with Gasteiger partial charge in [0, 0.05) is 12.6 Å². The molecule has 2 N–H and O–H groups in total. The van der Waals surface area contributed by atoms with Crippen LogP contribution in [0.1, 0.15) is 18.7 Å². The van der Waals surface area contributed by atoms with Gasteiger partial charge >= 0.3 is 0 Å². The van der Waals surface area contributed by atoms with Gasteiger partial charge in [-0.05, 0) is 13.0 Å². The molecule has 0 aromatic heterocycles. The second-order valence-electron chi connectivity index (χ2n) is 2.61. The summed E-state index contributed by atoms with van der Waals surface area (Å²) >= 11 is 0. The molecule has 0 aliphatic carbocycles. The lowest BCUT2D eigenvalue weighted by Gasteiger charge is -2.09. The minimum absolute atomic E-state index is 0.00463. The molecule has 3 heteroatoms. The van der Waals surface area contributed by atoms with Crippen molar-refractivity contribution >= 4 is 5.69 Å². The second-order valence-corrected chi connectivity index (χ2v) is 2.61. The number of aromatic hydroxyl groups is 1. The molecule has 0 aliphatic heterocycles. The van der Waals surface area contributed by atoms with Gasteiger partial charge in [-0.25, -0.2) is 4.39 Å². The second kappa shape index (κ2) is 3.43. The van der Waals surface area contributed by atoms with Gasteiger partial charge in [0.15, 0.2) is 0 Å². The van der Waals surface area contributed by atoms with Crippen LogP contribution < -0.4 is 5.32 Å². The van der Waals surface area contributed by atoms with E-state index < -0.39 is 6.17 Å². The van der Waals surface area contributed by atoms with Crippen molar-refractivity contribution in [2.24, 2.45) is 0 Å². The van der Waals surface area contributed by atoms with E-state index in [4.69, 9.17) is 0 Å². The third-order valence-corrected chi connectivity index (χ3v) is 1.77. The molecule has 0 spiro atoms. The van der Waals surface area contributed by atoms with Crippen LogP contribution in [0.15, 0.2) is 18.2 Å². The lowest BCUT2D eigenvalue weighted by atomic mass is 10.1. The highest BCUT2D eigenvalue weighted by molar-refractivity contribution is 5.59. The number of para-hydroxylation sites is 1. The quantitative estimate of drug-likeness (QED) is 0.666. The first kappa shape index (κ1) is 8.84. The van der Waals surface area contributed by atoms with E-state index in [9.17, 15) is 9.50 Å². The Morgan fingerprint density at radius 3 is 2.67 bits per heavy atom. The molecular weight excluding hydrogens is 157 g/mol. The number of halogens is 1. The molecule has 1 atom stereocenters. The zero-order chi connectivity index (χ0) is 9.14. The average molecular weight is 169 g/mol. The van der Waals surface area contributed by atoms with Crippen molar-refractivity contribution in [3.05, 3.63) is 23.8 Å². The predicted octanol–water partition coefficient (Wildman–Crippen LogP) is 2.46. The Bertz CT molecular complexity index is 273. The van der Waals surface area contributed by atoms with Gasteiger partial charge in [-0.2, -0.15) is 0 Å². The van der Waals surface area contributed by atoms with E-state index >= 15 is 0 Å². The number of hydrogen-bond acceptors (Lipinski definition) is 2. The van der Waals surface area contributed by atoms with Gasteiger partial charge in [0.05, 0.1) is 5.69 Å². The van der Waals surface area contributed by atoms with Crippen molar-refractivity contribution in [3.63, 3.8) is 0 Å². The van der Waals surface area contributed by atoms with Gasteiger partial charge in [0.25, 0.3) is 0 Å². The summed E-state index contributed by atoms with van der Waals surface area (Å²) in [5, 5.41) is 12.2. The predicted molar refractivity (Wildman–Crippen MR) is 47.2 cm³/mol. The fraction of sp³-hybridized carbons (Fsp3) is 0.333. The van der Waals surface area contributed by atoms with E-state index in [1.807, 2.05) is 0 Å². The molecule has 0 fully saturated rings. The molecule has 1 rings (SSSR count). The molecule has 66 valence electrons. The van der Waals surface area contributed by atoms with E-state index in [1.54, 1.807) is 25.2 Å². The molecule has 0 heterocycles. The number of rotatable bonds is 2. The maximum Gasteiger partial charge on any atom is 0.144 e. The lowest BCUT2D eigenvalue weighted by molar-refractivity contribution is 0.357. The first-order valence-corrected chi connectivity index (χ1v) is 3.80. The Morgan fingerprint density at radius 2 is 2.17 bits per heavy atom. The Labute approximate surface area is 71.0 Å². The van der Waals surface area contributed by atoms with Crippen LogP contribution in [-0.2, 0) is 0 Å². The topological polar surface area (TPSA) is 32.3 Å². The minimum Gasteiger partial charge on any atom is -0.505 e. The van der Waals surface area contributed by atoms with Crippen LogP contribution >= 0.6 is 0 Å². The SMILES string of the molecule is CNc1cccc(C(C)F)c1O. The highest BCUT2D eigenvalue weighted by Gasteiger charge is 2.10. The Hall–Kier alpha value is -1.25. The normalized spacial score (nSPS) is 12.6. The average Bonchev–Trinajstić information content (AvgIpc) is 2.04. The van der Waals surface area contributed by atoms with Crippen LogP contribution in [0.5, 0.6) is 5.75 Å². The van der Waals surface area contributed by atoms with Crippen molar-refractivity contribution in [2.45, 2.75) is 13.1 Å². The molecule has 12 heavy (non-hydrogen) atoms. The number of phenolic OH excluding ortho intramolecular Hbond substituents is 1. The molecule has 1 aromatic rings. The number of benzene rings is 1. The summed E-state index contributed by atoms with van der Waals surface area (Å²) in [6, 6.07) is 4.97. The molecule has 0 saturated carbocycles. The number of anilines is 1. The van der Waals surface area contributed by atoms with Crippen LogP contribution in [0.4, 0.5) is 10.1 Å². The Morgan fingerprint density at radius 1 is 1.50 bits per heavy atom. The molecule has 1 unspecified atom stereocenters. The van der Waals surface area contributed by atoms with E-state index in [0.29, 0.717) is 11.3 Å². The number of alkyl halides is 1. The smallest absolute Gasteiger partial charge is 0.144 e. The van der Waals surface area contributed by atoms with E-state index in [1.165, 1.54) is 6.92 Å². The van der Waals surface area contributed by atoms with Crippen molar-refractivity contribution in [3.8, 4) is 5.75 Å². The maximum absolute atomic E-state index is 12.8. The molecule has 2 nitrogen and oxygen atoms in total. The molecule has 0 bridgehead atoms. The molecule has 0 radical (unpaired) electrons. The zero-order valence-electron chi connectivity index (χ0n) is 7.13. The maximum atomic E-state index is 12.8. The summed E-state index contributed by atoms with van der Waals surface area (Å²) in [6.07, 6.45) is -1.14. The zero-order valence-corrected chi connectivity index (χ0v) is 7.13. The first-order chi connectivity index (χ1) is 5.66. The first-order valence-electron chi connectivity index (χ1n) is 3.80. The van der Waals surface area contributed by atoms with Crippen molar-refractivity contribution in [2.75, 3.05) is 12.4 Å². The van der Waals surface area contributed by atoms with Crippen molar-refractivity contribution < 1.29 is 9.50 Å².